The van der Waals surface area contributed by atoms with Gasteiger partial charge in [0.25, 0.3) is 5.91 Å². The Kier molecular flexibility index (Phi) is 4.54. The van der Waals surface area contributed by atoms with E-state index in [0.717, 1.165) is 6.54 Å². The Bertz CT molecular complexity index is 298. The molecule has 0 aliphatic carbocycles. The van der Waals surface area contributed by atoms with Gasteiger partial charge in [-0.05, 0) is 0 Å². The molecule has 0 bridgehead atoms. The van der Waals surface area contributed by atoms with Gasteiger partial charge in [0, 0.05) is 19.3 Å². The Balaban J connectivity index is 0.00000112. The highest BCUT2D eigenvalue weighted by Gasteiger charge is 2.21. The van der Waals surface area contributed by atoms with E-state index < -0.39 is 6.10 Å². The van der Waals surface area contributed by atoms with Crippen molar-refractivity contribution in [2.45, 2.75) is 6.10 Å². The van der Waals surface area contributed by atoms with Crippen molar-refractivity contribution >= 4 is 24.0 Å². The molecule has 1 atom stereocenters. The maximum atomic E-state index is 11.5. The number of H-pyrrole nitrogens is 1. The zero-order chi connectivity index (χ0) is 9.80. The number of halogens is 1. The molecule has 2 heterocycles. The van der Waals surface area contributed by atoms with Crippen molar-refractivity contribution < 1.29 is 9.53 Å². The van der Waals surface area contributed by atoms with E-state index in [2.05, 4.69) is 20.8 Å². The normalized spacial score (nSPS) is 20.4. The smallest absolute Gasteiger partial charge is 0.254 e. The molecule has 0 spiro atoms. The van der Waals surface area contributed by atoms with Crippen molar-refractivity contribution in [2.75, 3.05) is 25.0 Å². The molecule has 1 saturated heterocycles. The molecule has 1 aliphatic heterocycles. The van der Waals surface area contributed by atoms with Gasteiger partial charge in [-0.1, -0.05) is 0 Å². The van der Waals surface area contributed by atoms with Crippen molar-refractivity contribution in [3.8, 4) is 0 Å². The topological polar surface area (TPSA) is 79.0 Å². The molecule has 0 aromatic carbocycles. The van der Waals surface area contributed by atoms with Crippen LogP contribution in [0.2, 0.25) is 0 Å². The molecule has 84 valence electrons. The maximum absolute atomic E-state index is 11.5. The standard InChI is InChI=1S/C8H12N4O2.ClH/c13-8(7-5-9-1-2-14-7)12-6-3-10-11-4-6;/h3-4,7,9H,1-2,5H2,(H,10,11)(H,12,13);1H/t7-;/m0./s1. The van der Waals surface area contributed by atoms with Gasteiger partial charge in [0.15, 0.2) is 0 Å². The third kappa shape index (κ3) is 3.19. The van der Waals surface area contributed by atoms with Gasteiger partial charge < -0.3 is 15.4 Å². The number of rotatable bonds is 2. The first-order chi connectivity index (χ1) is 6.86. The van der Waals surface area contributed by atoms with Crippen molar-refractivity contribution in [1.29, 1.82) is 0 Å². The Hall–Kier alpha value is -1.11. The number of morpholine rings is 1. The van der Waals surface area contributed by atoms with Crippen LogP contribution in [0, 0.1) is 0 Å². The largest absolute Gasteiger partial charge is 0.366 e. The van der Waals surface area contributed by atoms with Gasteiger partial charge in [0.1, 0.15) is 6.10 Å². The van der Waals surface area contributed by atoms with E-state index in [-0.39, 0.29) is 18.3 Å². The van der Waals surface area contributed by atoms with Crippen LogP contribution < -0.4 is 10.6 Å². The number of amides is 1. The monoisotopic (exact) mass is 232 g/mol. The SMILES string of the molecule is Cl.O=C(Nc1cn[nH]c1)[C@@H]1CNCCO1. The predicted octanol–water partition coefficient (Wildman–Crippen LogP) is -0.242. The van der Waals surface area contributed by atoms with Gasteiger partial charge in [-0.2, -0.15) is 5.10 Å². The number of anilines is 1. The molecule has 1 fully saturated rings. The highest BCUT2D eigenvalue weighted by atomic mass is 35.5. The van der Waals surface area contributed by atoms with Crippen LogP contribution in [-0.2, 0) is 9.53 Å². The lowest BCUT2D eigenvalue weighted by Gasteiger charge is -2.22. The number of carbonyl (C=O) groups excluding carboxylic acids is 1. The Morgan fingerprint density at radius 3 is 3.13 bits per heavy atom. The fourth-order valence-electron chi connectivity index (χ4n) is 1.28. The van der Waals surface area contributed by atoms with Gasteiger partial charge >= 0.3 is 0 Å². The van der Waals surface area contributed by atoms with E-state index in [9.17, 15) is 4.79 Å². The number of hydrogen-bond acceptors (Lipinski definition) is 4. The summed E-state index contributed by atoms with van der Waals surface area (Å²) in [5.41, 5.74) is 0.657. The molecule has 15 heavy (non-hydrogen) atoms. The van der Waals surface area contributed by atoms with Crippen LogP contribution in [0.3, 0.4) is 0 Å². The first-order valence-corrected chi connectivity index (χ1v) is 4.48. The summed E-state index contributed by atoms with van der Waals surface area (Å²) < 4.78 is 5.28. The average Bonchev–Trinajstić information content (AvgIpc) is 2.72. The van der Waals surface area contributed by atoms with Crippen LogP contribution in [-0.4, -0.2) is 41.9 Å². The van der Waals surface area contributed by atoms with E-state index in [1.165, 1.54) is 0 Å². The summed E-state index contributed by atoms with van der Waals surface area (Å²) in [6.45, 7) is 1.93. The lowest BCUT2D eigenvalue weighted by molar-refractivity contribution is -0.128. The predicted molar refractivity (Wildman–Crippen MR) is 57.1 cm³/mol. The van der Waals surface area contributed by atoms with Crippen LogP contribution in [0.1, 0.15) is 0 Å². The third-order valence-electron chi connectivity index (χ3n) is 1.99. The highest BCUT2D eigenvalue weighted by Crippen LogP contribution is 2.04. The number of carbonyl (C=O) groups is 1. The molecular formula is C8H13ClN4O2. The van der Waals surface area contributed by atoms with Crippen LogP contribution in [0.25, 0.3) is 0 Å². The molecule has 3 N–H and O–H groups in total. The van der Waals surface area contributed by atoms with E-state index >= 15 is 0 Å². The first-order valence-electron chi connectivity index (χ1n) is 4.48. The molecule has 1 amide bonds. The zero-order valence-corrected chi connectivity index (χ0v) is 8.84. The summed E-state index contributed by atoms with van der Waals surface area (Å²) in [6, 6.07) is 0. The number of nitrogens with one attached hydrogen (secondary N) is 3. The van der Waals surface area contributed by atoms with Crippen LogP contribution in [0.5, 0.6) is 0 Å². The molecule has 1 aromatic heterocycles. The number of aromatic amines is 1. The van der Waals surface area contributed by atoms with E-state index in [1.54, 1.807) is 12.4 Å². The molecule has 1 aliphatic rings. The first kappa shape index (κ1) is 12.0. The zero-order valence-electron chi connectivity index (χ0n) is 8.03. The summed E-state index contributed by atoms with van der Waals surface area (Å²) in [4.78, 5) is 11.5. The van der Waals surface area contributed by atoms with Crippen LogP contribution in [0.15, 0.2) is 12.4 Å². The van der Waals surface area contributed by atoms with E-state index in [1.807, 2.05) is 0 Å². The van der Waals surface area contributed by atoms with E-state index in [4.69, 9.17) is 4.74 Å². The minimum atomic E-state index is -0.404. The summed E-state index contributed by atoms with van der Waals surface area (Å²) in [7, 11) is 0. The molecule has 0 radical (unpaired) electrons. The Morgan fingerprint density at radius 2 is 2.53 bits per heavy atom. The van der Waals surface area contributed by atoms with Gasteiger partial charge in [-0.15, -0.1) is 12.4 Å². The fraction of sp³-hybridized carbons (Fsp3) is 0.500. The number of hydrogen-bond donors (Lipinski definition) is 3. The third-order valence-corrected chi connectivity index (χ3v) is 1.99. The quantitative estimate of drug-likeness (QED) is 0.658. The molecule has 0 unspecified atom stereocenters. The Morgan fingerprint density at radius 1 is 1.67 bits per heavy atom. The molecule has 2 rings (SSSR count). The molecular weight excluding hydrogens is 220 g/mol. The second-order valence-corrected chi connectivity index (χ2v) is 3.04. The second kappa shape index (κ2) is 5.69. The van der Waals surface area contributed by atoms with Crippen molar-refractivity contribution in [3.05, 3.63) is 12.4 Å². The van der Waals surface area contributed by atoms with Crippen molar-refractivity contribution in [2.24, 2.45) is 0 Å². The fourth-order valence-corrected chi connectivity index (χ4v) is 1.28. The number of aromatic nitrogens is 2. The summed E-state index contributed by atoms with van der Waals surface area (Å²) in [5, 5.41) is 12.1. The summed E-state index contributed by atoms with van der Waals surface area (Å²) in [6.07, 6.45) is 2.76. The number of nitrogens with zero attached hydrogens (tertiary/aromatic N) is 1. The maximum Gasteiger partial charge on any atom is 0.254 e. The highest BCUT2D eigenvalue weighted by molar-refractivity contribution is 5.94. The lowest BCUT2D eigenvalue weighted by Crippen LogP contribution is -2.45. The van der Waals surface area contributed by atoms with Crippen molar-refractivity contribution in [1.82, 2.24) is 15.5 Å². The van der Waals surface area contributed by atoms with E-state index in [0.29, 0.717) is 18.8 Å². The molecule has 7 heteroatoms. The summed E-state index contributed by atoms with van der Waals surface area (Å²) >= 11 is 0. The average molecular weight is 233 g/mol. The second-order valence-electron chi connectivity index (χ2n) is 3.04. The van der Waals surface area contributed by atoms with Crippen LogP contribution in [0.4, 0.5) is 5.69 Å². The van der Waals surface area contributed by atoms with Gasteiger partial charge in [0.2, 0.25) is 0 Å². The molecule has 0 saturated carbocycles. The van der Waals surface area contributed by atoms with Gasteiger partial charge in [-0.25, -0.2) is 0 Å². The minimum absolute atomic E-state index is 0. The van der Waals surface area contributed by atoms with Crippen LogP contribution >= 0.6 is 12.4 Å². The summed E-state index contributed by atoms with van der Waals surface area (Å²) in [5.74, 6) is -0.140. The minimum Gasteiger partial charge on any atom is -0.366 e. The van der Waals surface area contributed by atoms with Gasteiger partial charge in [-0.3, -0.25) is 9.89 Å². The molecule has 6 nitrogen and oxygen atoms in total. The molecule has 1 aromatic rings. The lowest BCUT2D eigenvalue weighted by atomic mass is 10.3. The Labute approximate surface area is 93.2 Å². The number of ether oxygens (including phenoxy) is 1. The van der Waals surface area contributed by atoms with Crippen molar-refractivity contribution in [3.63, 3.8) is 0 Å². The van der Waals surface area contributed by atoms with Gasteiger partial charge in [0.05, 0.1) is 18.5 Å².